The van der Waals surface area contributed by atoms with Crippen LogP contribution in [0.15, 0.2) is 18.2 Å². The van der Waals surface area contributed by atoms with Gasteiger partial charge in [-0.2, -0.15) is 0 Å². The van der Waals surface area contributed by atoms with Crippen LogP contribution in [0.5, 0.6) is 5.75 Å². The first-order chi connectivity index (χ1) is 8.27. The highest BCUT2D eigenvalue weighted by molar-refractivity contribution is 5.39. The third-order valence-electron chi connectivity index (χ3n) is 3.41. The fourth-order valence-electron chi connectivity index (χ4n) is 2.22. The number of phenols is 1. The number of phenolic OH excluding ortho intramolecular Hbond substituents is 1. The molecule has 3 heteroatoms. The minimum atomic E-state index is 0.423. The van der Waals surface area contributed by atoms with Gasteiger partial charge in [-0.25, -0.2) is 0 Å². The van der Waals surface area contributed by atoms with Crippen LogP contribution in [-0.2, 0) is 11.3 Å². The highest BCUT2D eigenvalue weighted by atomic mass is 16.5. The van der Waals surface area contributed by atoms with Crippen LogP contribution in [0.4, 0.5) is 0 Å². The number of ether oxygens (including phenoxy) is 1. The maximum atomic E-state index is 9.87. The number of rotatable bonds is 4. The number of hydrogen-bond donors (Lipinski definition) is 2. The first-order valence-electron chi connectivity index (χ1n) is 6.33. The van der Waals surface area contributed by atoms with Gasteiger partial charge in [-0.3, -0.25) is 0 Å². The fourth-order valence-corrected chi connectivity index (χ4v) is 2.22. The monoisotopic (exact) mass is 235 g/mol. The summed E-state index contributed by atoms with van der Waals surface area (Å²) in [6.07, 6.45) is 2.29. The molecule has 17 heavy (non-hydrogen) atoms. The van der Waals surface area contributed by atoms with Crippen LogP contribution in [0, 0.1) is 12.8 Å². The van der Waals surface area contributed by atoms with Crippen molar-refractivity contribution in [2.45, 2.75) is 26.3 Å². The van der Waals surface area contributed by atoms with Crippen molar-refractivity contribution >= 4 is 0 Å². The standard InChI is InChI=1S/C14H21NO2/c1-11-3-2-4-13(14(11)16)10-15-9-12-5-7-17-8-6-12/h2-4,12,15-16H,5-10H2,1H3. The Kier molecular flexibility index (Phi) is 4.40. The second kappa shape index (κ2) is 6.03. The van der Waals surface area contributed by atoms with E-state index in [1.807, 2.05) is 25.1 Å². The van der Waals surface area contributed by atoms with Crippen LogP contribution < -0.4 is 5.32 Å². The number of benzene rings is 1. The zero-order valence-electron chi connectivity index (χ0n) is 10.4. The molecule has 0 spiro atoms. The number of nitrogens with one attached hydrogen (secondary N) is 1. The van der Waals surface area contributed by atoms with Crippen molar-refractivity contribution in [2.24, 2.45) is 5.92 Å². The molecule has 2 N–H and O–H groups in total. The molecule has 1 heterocycles. The van der Waals surface area contributed by atoms with Crippen LogP contribution in [-0.4, -0.2) is 24.9 Å². The van der Waals surface area contributed by atoms with Crippen LogP contribution >= 0.6 is 0 Å². The van der Waals surface area contributed by atoms with Gasteiger partial charge in [-0.1, -0.05) is 18.2 Å². The summed E-state index contributed by atoms with van der Waals surface area (Å²) in [5.74, 6) is 1.14. The maximum Gasteiger partial charge on any atom is 0.122 e. The summed E-state index contributed by atoms with van der Waals surface area (Å²) in [4.78, 5) is 0. The molecule has 1 aliphatic rings. The summed E-state index contributed by atoms with van der Waals surface area (Å²) in [5.41, 5.74) is 1.92. The Balaban J connectivity index is 1.79. The lowest BCUT2D eigenvalue weighted by molar-refractivity contribution is 0.0662. The van der Waals surface area contributed by atoms with Crippen molar-refractivity contribution < 1.29 is 9.84 Å². The average molecular weight is 235 g/mol. The van der Waals surface area contributed by atoms with Crippen molar-refractivity contribution in [3.8, 4) is 5.75 Å². The molecule has 0 aromatic heterocycles. The second-order valence-electron chi connectivity index (χ2n) is 4.77. The molecule has 1 fully saturated rings. The summed E-state index contributed by atoms with van der Waals surface area (Å²) in [5, 5.41) is 13.3. The third kappa shape index (κ3) is 3.45. The molecule has 0 aliphatic carbocycles. The first-order valence-corrected chi connectivity index (χ1v) is 6.33. The zero-order valence-corrected chi connectivity index (χ0v) is 10.4. The summed E-state index contributed by atoms with van der Waals surface area (Å²) < 4.78 is 5.33. The van der Waals surface area contributed by atoms with E-state index < -0.39 is 0 Å². The largest absolute Gasteiger partial charge is 0.507 e. The van der Waals surface area contributed by atoms with Gasteiger partial charge in [0, 0.05) is 25.3 Å². The predicted octanol–water partition coefficient (Wildman–Crippen LogP) is 2.22. The molecule has 1 aromatic rings. The van der Waals surface area contributed by atoms with Gasteiger partial charge in [0.25, 0.3) is 0 Å². The molecule has 2 rings (SSSR count). The van der Waals surface area contributed by atoms with E-state index in [0.717, 1.165) is 56.2 Å². The molecule has 0 amide bonds. The van der Waals surface area contributed by atoms with E-state index in [0.29, 0.717) is 5.75 Å². The van der Waals surface area contributed by atoms with E-state index in [4.69, 9.17) is 4.74 Å². The summed E-state index contributed by atoms with van der Waals surface area (Å²) >= 11 is 0. The van der Waals surface area contributed by atoms with Gasteiger partial charge in [0.1, 0.15) is 5.75 Å². The Morgan fingerprint density at radius 2 is 2.12 bits per heavy atom. The van der Waals surface area contributed by atoms with Crippen LogP contribution in [0.3, 0.4) is 0 Å². The molecule has 0 atom stereocenters. The van der Waals surface area contributed by atoms with E-state index in [1.54, 1.807) is 0 Å². The van der Waals surface area contributed by atoms with E-state index >= 15 is 0 Å². The molecule has 3 nitrogen and oxygen atoms in total. The number of hydrogen-bond acceptors (Lipinski definition) is 3. The Bertz CT molecular complexity index is 359. The summed E-state index contributed by atoms with van der Waals surface area (Å²) in [7, 11) is 0. The quantitative estimate of drug-likeness (QED) is 0.840. The van der Waals surface area contributed by atoms with Crippen molar-refractivity contribution in [3.63, 3.8) is 0 Å². The maximum absolute atomic E-state index is 9.87. The Hall–Kier alpha value is -1.06. The van der Waals surface area contributed by atoms with Crippen molar-refractivity contribution in [2.75, 3.05) is 19.8 Å². The topological polar surface area (TPSA) is 41.5 Å². The summed E-state index contributed by atoms with van der Waals surface area (Å²) in [6, 6.07) is 5.89. The average Bonchev–Trinajstić information content (AvgIpc) is 2.36. The normalized spacial score (nSPS) is 17.2. The number of aryl methyl sites for hydroxylation is 1. The number of aromatic hydroxyl groups is 1. The smallest absolute Gasteiger partial charge is 0.122 e. The predicted molar refractivity (Wildman–Crippen MR) is 68.1 cm³/mol. The molecule has 1 saturated heterocycles. The molecular weight excluding hydrogens is 214 g/mol. The van der Waals surface area contributed by atoms with Gasteiger partial charge < -0.3 is 15.2 Å². The summed E-state index contributed by atoms with van der Waals surface area (Å²) in [6.45, 7) is 5.46. The Labute approximate surface area is 103 Å². The SMILES string of the molecule is Cc1cccc(CNCC2CCOCC2)c1O. The third-order valence-corrected chi connectivity index (χ3v) is 3.41. The van der Waals surface area contributed by atoms with Crippen LogP contribution in [0.1, 0.15) is 24.0 Å². The van der Waals surface area contributed by atoms with Gasteiger partial charge >= 0.3 is 0 Å². The van der Waals surface area contributed by atoms with Crippen molar-refractivity contribution in [1.82, 2.24) is 5.32 Å². The van der Waals surface area contributed by atoms with E-state index in [2.05, 4.69) is 5.32 Å². The fraction of sp³-hybridized carbons (Fsp3) is 0.571. The number of para-hydroxylation sites is 1. The van der Waals surface area contributed by atoms with Crippen LogP contribution in [0.2, 0.25) is 0 Å². The molecule has 1 aromatic carbocycles. The highest BCUT2D eigenvalue weighted by Crippen LogP contribution is 2.21. The van der Waals surface area contributed by atoms with E-state index in [1.165, 1.54) is 0 Å². The molecule has 0 saturated carbocycles. The lowest BCUT2D eigenvalue weighted by Crippen LogP contribution is -2.27. The van der Waals surface area contributed by atoms with Crippen LogP contribution in [0.25, 0.3) is 0 Å². The van der Waals surface area contributed by atoms with Crippen molar-refractivity contribution in [1.29, 1.82) is 0 Å². The molecule has 0 radical (unpaired) electrons. The van der Waals surface area contributed by atoms with Gasteiger partial charge in [-0.15, -0.1) is 0 Å². The zero-order chi connectivity index (χ0) is 12.1. The van der Waals surface area contributed by atoms with Gasteiger partial charge in [0.15, 0.2) is 0 Å². The second-order valence-corrected chi connectivity index (χ2v) is 4.77. The Morgan fingerprint density at radius 1 is 1.35 bits per heavy atom. The minimum absolute atomic E-state index is 0.423. The lowest BCUT2D eigenvalue weighted by atomic mass is 10.0. The van der Waals surface area contributed by atoms with Gasteiger partial charge in [0.2, 0.25) is 0 Å². The molecule has 0 bridgehead atoms. The molecule has 94 valence electrons. The van der Waals surface area contributed by atoms with E-state index in [9.17, 15) is 5.11 Å². The lowest BCUT2D eigenvalue weighted by Gasteiger charge is -2.22. The van der Waals surface area contributed by atoms with E-state index in [-0.39, 0.29) is 0 Å². The Morgan fingerprint density at radius 3 is 2.88 bits per heavy atom. The molecule has 0 unspecified atom stereocenters. The molecular formula is C14H21NO2. The van der Waals surface area contributed by atoms with Crippen molar-refractivity contribution in [3.05, 3.63) is 29.3 Å². The first kappa shape index (κ1) is 12.4. The highest BCUT2D eigenvalue weighted by Gasteiger charge is 2.13. The van der Waals surface area contributed by atoms with Gasteiger partial charge in [-0.05, 0) is 37.8 Å². The molecule has 1 aliphatic heterocycles. The minimum Gasteiger partial charge on any atom is -0.507 e. The van der Waals surface area contributed by atoms with Gasteiger partial charge in [0.05, 0.1) is 0 Å².